The van der Waals surface area contributed by atoms with Crippen molar-refractivity contribution >= 4 is 11.9 Å². The molecule has 22 heavy (non-hydrogen) atoms. The van der Waals surface area contributed by atoms with Gasteiger partial charge in [0.05, 0.1) is 18.9 Å². The lowest BCUT2D eigenvalue weighted by molar-refractivity contribution is -0.146. The van der Waals surface area contributed by atoms with E-state index in [0.717, 1.165) is 17.5 Å². The first-order chi connectivity index (χ1) is 10.5. The molecule has 1 saturated heterocycles. The van der Waals surface area contributed by atoms with E-state index in [0.29, 0.717) is 26.0 Å². The van der Waals surface area contributed by atoms with E-state index < -0.39 is 11.9 Å². The molecule has 1 aromatic rings. The monoisotopic (exact) mass is 305 g/mol. The van der Waals surface area contributed by atoms with E-state index in [1.807, 2.05) is 31.2 Å². The molecule has 2 atom stereocenters. The van der Waals surface area contributed by atoms with Crippen molar-refractivity contribution in [2.75, 3.05) is 13.7 Å². The van der Waals surface area contributed by atoms with Crippen LogP contribution in [-0.2, 0) is 27.4 Å². The summed E-state index contributed by atoms with van der Waals surface area (Å²) in [6.07, 6.45) is 1.68. The summed E-state index contributed by atoms with van der Waals surface area (Å²) in [5.41, 5.74) is 1.96. The molecule has 5 nitrogen and oxygen atoms in total. The van der Waals surface area contributed by atoms with Gasteiger partial charge < -0.3 is 14.7 Å². The van der Waals surface area contributed by atoms with Gasteiger partial charge in [-0.05, 0) is 30.9 Å². The van der Waals surface area contributed by atoms with Gasteiger partial charge in [-0.1, -0.05) is 24.3 Å². The first kappa shape index (κ1) is 16.5. The molecule has 0 saturated carbocycles. The van der Waals surface area contributed by atoms with Gasteiger partial charge in [0.2, 0.25) is 5.91 Å². The Morgan fingerprint density at radius 3 is 2.73 bits per heavy atom. The summed E-state index contributed by atoms with van der Waals surface area (Å²) in [5.74, 6) is -1.26. The highest BCUT2D eigenvalue weighted by atomic mass is 16.5. The van der Waals surface area contributed by atoms with Crippen LogP contribution in [0.3, 0.4) is 0 Å². The molecule has 1 amide bonds. The molecule has 2 unspecified atom stereocenters. The molecule has 1 aliphatic heterocycles. The average molecular weight is 305 g/mol. The summed E-state index contributed by atoms with van der Waals surface area (Å²) in [6, 6.07) is 7.86. The Balaban J connectivity index is 2.04. The van der Waals surface area contributed by atoms with Crippen LogP contribution < -0.4 is 0 Å². The number of hydrogen-bond donors (Lipinski definition) is 1. The molecule has 120 valence electrons. The topological polar surface area (TPSA) is 66.8 Å². The summed E-state index contributed by atoms with van der Waals surface area (Å²) in [7, 11) is 1.64. The van der Waals surface area contributed by atoms with Gasteiger partial charge in [-0.3, -0.25) is 9.59 Å². The Kier molecular flexibility index (Phi) is 5.55. The molecular weight excluding hydrogens is 282 g/mol. The summed E-state index contributed by atoms with van der Waals surface area (Å²) < 4.78 is 5.10. The second-order valence-electron chi connectivity index (χ2n) is 5.94. The number of ether oxygens (including phenoxy) is 1. The summed E-state index contributed by atoms with van der Waals surface area (Å²) in [5, 5.41) is 9.16. The van der Waals surface area contributed by atoms with Crippen molar-refractivity contribution < 1.29 is 19.4 Å². The smallest absolute Gasteiger partial charge is 0.308 e. The third-order valence-corrected chi connectivity index (χ3v) is 4.21. The van der Waals surface area contributed by atoms with Crippen molar-refractivity contribution in [3.63, 3.8) is 0 Å². The van der Waals surface area contributed by atoms with E-state index in [1.54, 1.807) is 12.0 Å². The number of amides is 1. The fourth-order valence-corrected chi connectivity index (χ4v) is 2.93. The summed E-state index contributed by atoms with van der Waals surface area (Å²) in [6.45, 7) is 2.81. The minimum absolute atomic E-state index is 0.00647. The second-order valence-corrected chi connectivity index (χ2v) is 5.94. The number of hydrogen-bond acceptors (Lipinski definition) is 3. The molecule has 1 aromatic carbocycles. The van der Waals surface area contributed by atoms with E-state index in [1.165, 1.54) is 0 Å². The average Bonchev–Trinajstić information content (AvgIpc) is 2.48. The summed E-state index contributed by atoms with van der Waals surface area (Å²) >= 11 is 0. The number of carbonyl (C=O) groups is 2. The molecule has 0 radical (unpaired) electrons. The van der Waals surface area contributed by atoms with Gasteiger partial charge in [0.25, 0.3) is 0 Å². The van der Waals surface area contributed by atoms with Gasteiger partial charge in [-0.25, -0.2) is 0 Å². The number of rotatable bonds is 5. The maximum atomic E-state index is 12.5. The highest BCUT2D eigenvalue weighted by Gasteiger charge is 2.32. The maximum absolute atomic E-state index is 12.5. The van der Waals surface area contributed by atoms with Crippen molar-refractivity contribution in [1.29, 1.82) is 0 Å². The first-order valence-electron chi connectivity index (χ1n) is 7.60. The maximum Gasteiger partial charge on any atom is 0.308 e. The Bertz CT molecular complexity index is 543. The Morgan fingerprint density at radius 2 is 2.05 bits per heavy atom. The van der Waals surface area contributed by atoms with Crippen molar-refractivity contribution in [3.05, 3.63) is 35.4 Å². The third kappa shape index (κ3) is 4.07. The van der Waals surface area contributed by atoms with Gasteiger partial charge in [0.1, 0.15) is 0 Å². The SMILES string of the molecule is COCc1cccc(CC(=O)N2CC(C(=O)O)CCC2C)c1. The number of likely N-dealkylation sites (tertiary alicyclic amines) is 1. The van der Waals surface area contributed by atoms with E-state index in [-0.39, 0.29) is 11.9 Å². The van der Waals surface area contributed by atoms with Gasteiger partial charge in [0, 0.05) is 19.7 Å². The van der Waals surface area contributed by atoms with Crippen LogP contribution in [0.4, 0.5) is 0 Å². The molecule has 1 fully saturated rings. The largest absolute Gasteiger partial charge is 0.481 e. The molecule has 2 rings (SSSR count). The van der Waals surface area contributed by atoms with Crippen LogP contribution in [0.25, 0.3) is 0 Å². The molecule has 1 heterocycles. The number of carboxylic acids is 1. The lowest BCUT2D eigenvalue weighted by Gasteiger charge is -2.36. The van der Waals surface area contributed by atoms with Gasteiger partial charge in [-0.15, -0.1) is 0 Å². The molecule has 1 N–H and O–H groups in total. The number of carbonyl (C=O) groups excluding carboxylic acids is 1. The quantitative estimate of drug-likeness (QED) is 0.904. The predicted octanol–water partition coefficient (Wildman–Crippen LogP) is 2.09. The molecule has 0 bridgehead atoms. The number of piperidine rings is 1. The van der Waals surface area contributed by atoms with Crippen LogP contribution in [0.2, 0.25) is 0 Å². The molecule has 1 aliphatic rings. The van der Waals surface area contributed by atoms with E-state index in [2.05, 4.69) is 0 Å². The van der Waals surface area contributed by atoms with Crippen molar-refractivity contribution in [2.45, 2.75) is 38.8 Å². The number of carboxylic acid groups (broad SMARTS) is 1. The van der Waals surface area contributed by atoms with Crippen LogP contribution >= 0.6 is 0 Å². The van der Waals surface area contributed by atoms with Crippen LogP contribution in [-0.4, -0.2) is 41.6 Å². The van der Waals surface area contributed by atoms with Crippen LogP contribution in [0, 0.1) is 5.92 Å². The zero-order valence-electron chi connectivity index (χ0n) is 13.1. The van der Waals surface area contributed by atoms with Gasteiger partial charge in [0.15, 0.2) is 0 Å². The van der Waals surface area contributed by atoms with E-state index in [4.69, 9.17) is 9.84 Å². The lowest BCUT2D eigenvalue weighted by Crippen LogP contribution is -2.47. The predicted molar refractivity (Wildman–Crippen MR) is 82.4 cm³/mol. The zero-order valence-corrected chi connectivity index (χ0v) is 13.1. The standard InChI is InChI=1S/C17H23NO4/c1-12-6-7-15(17(20)21)10-18(12)16(19)9-13-4-3-5-14(8-13)11-22-2/h3-5,8,12,15H,6-7,9-11H2,1-2H3,(H,20,21). The van der Waals surface area contributed by atoms with E-state index in [9.17, 15) is 9.59 Å². The van der Waals surface area contributed by atoms with Crippen LogP contribution in [0.5, 0.6) is 0 Å². The molecular formula is C17H23NO4. The highest BCUT2D eigenvalue weighted by molar-refractivity contribution is 5.80. The highest BCUT2D eigenvalue weighted by Crippen LogP contribution is 2.23. The van der Waals surface area contributed by atoms with Crippen molar-refractivity contribution in [1.82, 2.24) is 4.90 Å². The lowest BCUT2D eigenvalue weighted by atomic mass is 9.93. The number of nitrogens with zero attached hydrogens (tertiary/aromatic N) is 1. The van der Waals surface area contributed by atoms with Gasteiger partial charge in [-0.2, -0.15) is 0 Å². The normalized spacial score (nSPS) is 21.6. The zero-order chi connectivity index (χ0) is 16.1. The Hall–Kier alpha value is -1.88. The number of methoxy groups -OCH3 is 1. The van der Waals surface area contributed by atoms with Crippen LogP contribution in [0.1, 0.15) is 30.9 Å². The number of benzene rings is 1. The number of aliphatic carboxylic acids is 1. The Labute approximate surface area is 130 Å². The molecule has 0 spiro atoms. The fourth-order valence-electron chi connectivity index (χ4n) is 2.93. The van der Waals surface area contributed by atoms with Crippen molar-refractivity contribution in [3.8, 4) is 0 Å². The van der Waals surface area contributed by atoms with Gasteiger partial charge >= 0.3 is 5.97 Å². The minimum atomic E-state index is -0.813. The third-order valence-electron chi connectivity index (χ3n) is 4.21. The van der Waals surface area contributed by atoms with E-state index >= 15 is 0 Å². The Morgan fingerprint density at radius 1 is 1.32 bits per heavy atom. The molecule has 0 aromatic heterocycles. The molecule has 5 heteroatoms. The summed E-state index contributed by atoms with van der Waals surface area (Å²) in [4.78, 5) is 25.4. The fraction of sp³-hybridized carbons (Fsp3) is 0.529. The minimum Gasteiger partial charge on any atom is -0.481 e. The second kappa shape index (κ2) is 7.40. The molecule has 0 aliphatic carbocycles. The first-order valence-corrected chi connectivity index (χ1v) is 7.60. The van der Waals surface area contributed by atoms with Crippen molar-refractivity contribution in [2.24, 2.45) is 5.92 Å². The van der Waals surface area contributed by atoms with Crippen LogP contribution in [0.15, 0.2) is 24.3 Å².